The summed E-state index contributed by atoms with van der Waals surface area (Å²) in [6.45, 7) is 18.9. The van der Waals surface area contributed by atoms with E-state index < -0.39 is 7.67 Å². The lowest BCUT2D eigenvalue weighted by Gasteiger charge is -2.58. The van der Waals surface area contributed by atoms with Gasteiger partial charge in [-0.3, -0.25) is 4.57 Å². The van der Waals surface area contributed by atoms with Gasteiger partial charge in [-0.25, -0.2) is 9.34 Å². The molecule has 216 valence electrons. The second-order valence-corrected chi connectivity index (χ2v) is 17.6. The molecule has 6 aliphatic rings. The van der Waals surface area contributed by atoms with Crippen LogP contribution in [0.5, 0.6) is 0 Å². The smallest absolute Gasteiger partial charge is 0.302 e. The molecule has 2 heterocycles. The minimum absolute atomic E-state index is 0.140. The zero-order valence-corrected chi connectivity index (χ0v) is 26.4. The zero-order chi connectivity index (χ0) is 26.9. The fraction of sp³-hybridized carbons (Fsp3) is 0.939. The molecule has 5 heteroatoms. The van der Waals surface area contributed by atoms with Crippen molar-refractivity contribution in [2.24, 2.45) is 52.3 Å². The van der Waals surface area contributed by atoms with Crippen LogP contribution in [-0.4, -0.2) is 41.6 Å². The Morgan fingerprint density at radius 3 is 2.32 bits per heavy atom. The monoisotopic (exact) mass is 544 g/mol. The lowest BCUT2D eigenvalue weighted by molar-refractivity contribution is -0.0564. The van der Waals surface area contributed by atoms with Crippen LogP contribution < -0.4 is 0 Å². The lowest BCUT2D eigenvalue weighted by atomic mass is 9.47. The first-order valence-corrected chi connectivity index (χ1v) is 18.1. The SMILES string of the molecule is CC[C@H](CC[C@H](C)[C@@H]1CC[C@@H]2[C@H]3CC=C4C[C@@H](OP(=O)(N5CC5)N5CC5)CC[C@]4(C)[C@@H]3CC[C@@]21C)C(C)C. The van der Waals surface area contributed by atoms with Crippen LogP contribution in [0, 0.1) is 52.3 Å². The van der Waals surface area contributed by atoms with E-state index in [2.05, 4.69) is 57.0 Å². The van der Waals surface area contributed by atoms with Crippen LogP contribution in [0.4, 0.5) is 0 Å². The van der Waals surface area contributed by atoms with E-state index in [1.54, 1.807) is 5.57 Å². The van der Waals surface area contributed by atoms with Crippen molar-refractivity contribution < 1.29 is 9.09 Å². The van der Waals surface area contributed by atoms with Crippen molar-refractivity contribution in [1.29, 1.82) is 0 Å². The molecule has 2 saturated heterocycles. The molecule has 0 unspecified atom stereocenters. The molecule has 0 aromatic carbocycles. The Morgan fingerprint density at radius 1 is 0.974 bits per heavy atom. The van der Waals surface area contributed by atoms with Crippen LogP contribution in [0.25, 0.3) is 0 Å². The van der Waals surface area contributed by atoms with Crippen molar-refractivity contribution >= 4 is 7.67 Å². The number of nitrogens with zero attached hydrogens (tertiary/aromatic N) is 2. The molecule has 5 fully saturated rings. The molecule has 0 spiro atoms. The Bertz CT molecular complexity index is 941. The number of hydrogen-bond donors (Lipinski definition) is 0. The second kappa shape index (κ2) is 10.3. The van der Waals surface area contributed by atoms with E-state index in [4.69, 9.17) is 4.52 Å². The van der Waals surface area contributed by atoms with Crippen molar-refractivity contribution in [3.05, 3.63) is 11.6 Å². The summed E-state index contributed by atoms with van der Waals surface area (Å²) in [6, 6.07) is 0. The van der Waals surface area contributed by atoms with E-state index in [1.165, 1.54) is 57.8 Å². The van der Waals surface area contributed by atoms with Gasteiger partial charge in [0.15, 0.2) is 0 Å². The second-order valence-electron chi connectivity index (χ2n) is 15.3. The molecule has 0 radical (unpaired) electrons. The van der Waals surface area contributed by atoms with Gasteiger partial charge in [-0.05, 0) is 110 Å². The normalized spacial score (nSPS) is 42.7. The summed E-state index contributed by atoms with van der Waals surface area (Å²) in [5, 5.41) is 0. The maximum absolute atomic E-state index is 13.7. The maximum Gasteiger partial charge on any atom is 0.346 e. The summed E-state index contributed by atoms with van der Waals surface area (Å²) in [7, 11) is -2.73. The van der Waals surface area contributed by atoms with Crippen molar-refractivity contribution in [2.45, 2.75) is 118 Å². The minimum Gasteiger partial charge on any atom is -0.302 e. The first kappa shape index (κ1) is 28.0. The Morgan fingerprint density at radius 2 is 1.68 bits per heavy atom. The molecular formula is C33H57N2O2P. The Balaban J connectivity index is 1.13. The van der Waals surface area contributed by atoms with Crippen molar-refractivity contribution in [1.82, 2.24) is 9.34 Å². The van der Waals surface area contributed by atoms with Gasteiger partial charge in [-0.2, -0.15) is 0 Å². The third-order valence-corrected chi connectivity index (χ3v) is 15.9. The zero-order valence-electron chi connectivity index (χ0n) is 25.5. The predicted octanol–water partition coefficient (Wildman–Crippen LogP) is 8.79. The number of rotatable bonds is 10. The van der Waals surface area contributed by atoms with Crippen LogP contribution >= 0.6 is 7.67 Å². The van der Waals surface area contributed by atoms with Gasteiger partial charge in [0, 0.05) is 26.2 Å². The first-order chi connectivity index (χ1) is 18.1. The summed E-state index contributed by atoms with van der Waals surface area (Å²) in [5.74, 6) is 6.13. The molecule has 4 aliphatic carbocycles. The number of fused-ring (bicyclic) bond motifs is 5. The number of allylic oxidation sites excluding steroid dienone is 1. The quantitative estimate of drug-likeness (QED) is 0.156. The van der Waals surface area contributed by atoms with Gasteiger partial charge in [0.05, 0.1) is 6.10 Å². The van der Waals surface area contributed by atoms with Gasteiger partial charge in [0.1, 0.15) is 0 Å². The van der Waals surface area contributed by atoms with Gasteiger partial charge >= 0.3 is 7.67 Å². The third kappa shape index (κ3) is 4.74. The summed E-state index contributed by atoms with van der Waals surface area (Å²) < 4.78 is 24.3. The molecule has 4 nitrogen and oxygen atoms in total. The molecule has 0 amide bonds. The van der Waals surface area contributed by atoms with Gasteiger partial charge in [-0.15, -0.1) is 0 Å². The summed E-state index contributed by atoms with van der Waals surface area (Å²) in [6.07, 6.45) is 17.4. The molecule has 6 rings (SSSR count). The van der Waals surface area contributed by atoms with Crippen molar-refractivity contribution in [3.8, 4) is 0 Å². The highest BCUT2D eigenvalue weighted by Gasteiger charge is 2.60. The summed E-state index contributed by atoms with van der Waals surface area (Å²) in [5.41, 5.74) is 2.54. The predicted molar refractivity (Wildman–Crippen MR) is 158 cm³/mol. The molecule has 0 aromatic rings. The van der Waals surface area contributed by atoms with E-state index in [0.717, 1.165) is 80.4 Å². The van der Waals surface area contributed by atoms with Crippen LogP contribution in [0.2, 0.25) is 0 Å². The van der Waals surface area contributed by atoms with Crippen LogP contribution in [0.1, 0.15) is 112 Å². The highest BCUT2D eigenvalue weighted by molar-refractivity contribution is 7.54. The number of hydrogen-bond acceptors (Lipinski definition) is 2. The summed E-state index contributed by atoms with van der Waals surface area (Å²) >= 11 is 0. The first-order valence-electron chi connectivity index (χ1n) is 16.6. The largest absolute Gasteiger partial charge is 0.346 e. The van der Waals surface area contributed by atoms with Crippen LogP contribution in [0.15, 0.2) is 11.6 Å². The Hall–Kier alpha value is -0.150. The van der Waals surface area contributed by atoms with Crippen LogP contribution in [0.3, 0.4) is 0 Å². The molecule has 38 heavy (non-hydrogen) atoms. The molecule has 3 saturated carbocycles. The highest BCUT2D eigenvalue weighted by atomic mass is 31.2. The van der Waals surface area contributed by atoms with E-state index in [9.17, 15) is 4.57 Å². The lowest BCUT2D eigenvalue weighted by Crippen LogP contribution is -2.51. The fourth-order valence-electron chi connectivity index (χ4n) is 10.5. The summed E-state index contributed by atoms with van der Waals surface area (Å²) in [4.78, 5) is 0. The molecule has 0 aromatic heterocycles. The molecule has 0 bridgehead atoms. The Labute approximate surface area is 234 Å². The minimum atomic E-state index is -2.73. The van der Waals surface area contributed by atoms with E-state index in [-0.39, 0.29) is 6.10 Å². The molecule has 2 aliphatic heterocycles. The topological polar surface area (TPSA) is 32.3 Å². The average molecular weight is 545 g/mol. The van der Waals surface area contributed by atoms with Crippen molar-refractivity contribution in [3.63, 3.8) is 0 Å². The third-order valence-electron chi connectivity index (χ3n) is 13.1. The highest BCUT2D eigenvalue weighted by Crippen LogP contribution is 2.68. The van der Waals surface area contributed by atoms with E-state index in [1.807, 2.05) is 0 Å². The van der Waals surface area contributed by atoms with Gasteiger partial charge in [0.2, 0.25) is 0 Å². The fourth-order valence-corrected chi connectivity index (χ4v) is 12.9. The van der Waals surface area contributed by atoms with E-state index >= 15 is 0 Å². The average Bonchev–Trinajstić information content (AvgIpc) is 3.79. The van der Waals surface area contributed by atoms with Gasteiger partial charge in [0.25, 0.3) is 0 Å². The molecule has 9 atom stereocenters. The van der Waals surface area contributed by atoms with Gasteiger partial charge < -0.3 is 4.52 Å². The molecule has 0 N–H and O–H groups in total. The van der Waals surface area contributed by atoms with Gasteiger partial charge in [-0.1, -0.05) is 66.0 Å². The van der Waals surface area contributed by atoms with E-state index in [0.29, 0.717) is 10.8 Å². The molecular weight excluding hydrogens is 487 g/mol. The standard InChI is InChI=1S/C33H57N2O2P/c1-7-25(23(2)3)9-8-24(4)29-12-13-30-28-11-10-26-22-27(37-38(36,34-18-19-34)35-20-21-35)14-16-32(26,5)31(28)15-17-33(29,30)6/h10,23-25,27-31H,7-9,11-22H2,1-6H3/t24-,25+,27-,28+,29-,30+,31+,32-,33+/m0/s1. The Kier molecular flexibility index (Phi) is 7.58. The van der Waals surface area contributed by atoms with Crippen molar-refractivity contribution in [2.75, 3.05) is 26.2 Å². The maximum atomic E-state index is 13.7. The van der Waals surface area contributed by atoms with Crippen LogP contribution in [-0.2, 0) is 9.09 Å².